The average molecular weight is 571 g/mol. The van der Waals surface area contributed by atoms with Crippen molar-refractivity contribution in [2.24, 2.45) is 5.14 Å². The van der Waals surface area contributed by atoms with Crippen molar-refractivity contribution in [3.05, 3.63) is 58.4 Å². The molecule has 30 heavy (non-hydrogen) atoms. The van der Waals surface area contributed by atoms with E-state index in [1.165, 1.54) is 27.0 Å². The van der Waals surface area contributed by atoms with Crippen LogP contribution in [0.1, 0.15) is 16.6 Å². The summed E-state index contributed by atoms with van der Waals surface area (Å²) in [7, 11) is -3.79. The number of benzene rings is 2. The molecular weight excluding hydrogens is 549 g/mol. The van der Waals surface area contributed by atoms with E-state index in [-0.39, 0.29) is 17.5 Å². The summed E-state index contributed by atoms with van der Waals surface area (Å²) in [6.07, 6.45) is 0. The van der Waals surface area contributed by atoms with E-state index >= 15 is 0 Å². The summed E-state index contributed by atoms with van der Waals surface area (Å²) in [5, 5.41) is 5.88. The number of ether oxygens (including phenoxy) is 1. The molecule has 2 aromatic carbocycles. The van der Waals surface area contributed by atoms with Gasteiger partial charge in [-0.3, -0.25) is 0 Å². The third-order valence-corrected chi connectivity index (χ3v) is 12.5. The maximum absolute atomic E-state index is 12.8. The fourth-order valence-corrected chi connectivity index (χ4v) is 11.9. The molecule has 9 heteroatoms. The Morgan fingerprint density at radius 1 is 1.07 bits per heavy atom. The number of sulfonamides is 1. The van der Waals surface area contributed by atoms with Crippen LogP contribution in [-0.4, -0.2) is 40.8 Å². The van der Waals surface area contributed by atoms with E-state index in [0.717, 1.165) is 21.6 Å². The number of thiophene rings is 1. The quantitative estimate of drug-likeness (QED) is 0.355. The summed E-state index contributed by atoms with van der Waals surface area (Å²) in [5.41, 5.74) is 2.63. The van der Waals surface area contributed by atoms with Crippen LogP contribution in [0.3, 0.4) is 0 Å². The van der Waals surface area contributed by atoms with Gasteiger partial charge in [0.15, 0.2) is 0 Å². The molecule has 0 amide bonds. The Labute approximate surface area is 192 Å². The molecule has 5 nitrogen and oxygen atoms in total. The Balaban J connectivity index is 2.28. The van der Waals surface area contributed by atoms with E-state index in [4.69, 9.17) is 21.5 Å². The van der Waals surface area contributed by atoms with E-state index < -0.39 is 29.8 Å². The Morgan fingerprint density at radius 3 is 2.13 bits per heavy atom. The van der Waals surface area contributed by atoms with Crippen LogP contribution in [0.5, 0.6) is 0 Å². The second-order valence-electron chi connectivity index (χ2n) is 7.00. The van der Waals surface area contributed by atoms with Crippen molar-refractivity contribution >= 4 is 62.3 Å². The summed E-state index contributed by atoms with van der Waals surface area (Å²) >= 11 is 5.28. The van der Waals surface area contributed by atoms with Crippen LogP contribution < -0.4 is 8.72 Å². The van der Waals surface area contributed by atoms with E-state index in [9.17, 15) is 13.2 Å². The van der Waals surface area contributed by atoms with Gasteiger partial charge >= 0.3 is 194 Å². The zero-order valence-electron chi connectivity index (χ0n) is 16.8. The van der Waals surface area contributed by atoms with E-state index in [1.807, 2.05) is 24.3 Å². The molecule has 0 bridgehead atoms. The number of primary sulfonamides is 1. The van der Waals surface area contributed by atoms with Gasteiger partial charge in [0.05, 0.1) is 0 Å². The van der Waals surface area contributed by atoms with Gasteiger partial charge in [0.25, 0.3) is 0 Å². The molecule has 0 fully saturated rings. The predicted octanol–water partition coefficient (Wildman–Crippen LogP) is 4.25. The Bertz CT molecular complexity index is 1170. The molecule has 0 saturated heterocycles. The van der Waals surface area contributed by atoms with Crippen LogP contribution in [0.4, 0.5) is 0 Å². The van der Waals surface area contributed by atoms with Gasteiger partial charge in [-0.2, -0.15) is 0 Å². The third-order valence-electron chi connectivity index (χ3n) is 4.56. The molecule has 0 saturated carbocycles. The van der Waals surface area contributed by atoms with Crippen LogP contribution in [0.25, 0.3) is 21.6 Å². The Morgan fingerprint density at radius 2 is 1.63 bits per heavy atom. The second-order valence-corrected chi connectivity index (χ2v) is 18.3. The van der Waals surface area contributed by atoms with Crippen LogP contribution in [0, 0.1) is 0 Å². The number of nitrogens with two attached hydrogens (primary N) is 1. The standard InChI is InChI=1S/C19H15ClNO4S2.2CH3.Sn.H/c1-2-25-19(22)18-16(12-5-9-15(10-6-12)27(21,23)24)11-17(26-18)13-3-7-14(20)8-4-13;;;;/h3-10H,2H2,1H3,(H2,21,23,24);2*1H3;;. The molecular formula is C21H22ClNO4S2Sn. The zero-order chi connectivity index (χ0) is 22.1. The molecule has 1 aromatic heterocycles. The number of carbonyl (C=O) groups is 1. The minimum absolute atomic E-state index is 0.0340. The molecule has 0 spiro atoms. The first-order valence-corrected chi connectivity index (χ1v) is 20.3. The van der Waals surface area contributed by atoms with Crippen molar-refractivity contribution in [3.63, 3.8) is 0 Å². The maximum atomic E-state index is 12.8. The molecule has 0 aliphatic carbocycles. The predicted molar refractivity (Wildman–Crippen MR) is 126 cm³/mol. The molecule has 0 aliphatic rings. The molecule has 0 radical (unpaired) electrons. The van der Waals surface area contributed by atoms with Gasteiger partial charge in [-0.1, -0.05) is 0 Å². The molecule has 0 atom stereocenters. The normalized spacial score (nSPS) is 11.7. The second kappa shape index (κ2) is 9.40. The number of hydrogen-bond donors (Lipinski definition) is 1. The van der Waals surface area contributed by atoms with E-state index in [2.05, 4.69) is 9.88 Å². The Kier molecular flexibility index (Phi) is 7.29. The first-order chi connectivity index (χ1) is 14.1. The summed E-state index contributed by atoms with van der Waals surface area (Å²) < 4.78 is 29.8. The van der Waals surface area contributed by atoms with Gasteiger partial charge < -0.3 is 0 Å². The van der Waals surface area contributed by atoms with Crippen molar-refractivity contribution in [1.29, 1.82) is 0 Å². The van der Waals surface area contributed by atoms with Gasteiger partial charge in [-0.15, -0.1) is 0 Å². The van der Waals surface area contributed by atoms with Crippen LogP contribution in [-0.2, 0) is 14.8 Å². The van der Waals surface area contributed by atoms with E-state index in [0.29, 0.717) is 9.90 Å². The van der Waals surface area contributed by atoms with Crippen molar-refractivity contribution in [1.82, 2.24) is 0 Å². The first kappa shape index (κ1) is 23.3. The average Bonchev–Trinajstić information content (AvgIpc) is 3.09. The van der Waals surface area contributed by atoms with Crippen molar-refractivity contribution < 1.29 is 17.9 Å². The number of halogens is 1. The fourth-order valence-electron chi connectivity index (χ4n) is 3.25. The number of carbonyl (C=O) groups excluding carboxylic acids is 1. The molecule has 0 aliphatic heterocycles. The molecule has 0 unspecified atom stereocenters. The molecule has 1 heterocycles. The summed E-state index contributed by atoms with van der Waals surface area (Å²) in [6, 6.07) is 13.9. The summed E-state index contributed by atoms with van der Waals surface area (Å²) in [4.78, 5) is 19.0. The van der Waals surface area contributed by atoms with Crippen LogP contribution in [0.2, 0.25) is 14.9 Å². The first-order valence-electron chi connectivity index (χ1n) is 9.36. The number of hydrogen-bond acceptors (Lipinski definition) is 5. The topological polar surface area (TPSA) is 86.5 Å². The van der Waals surface area contributed by atoms with Crippen molar-refractivity contribution in [2.45, 2.75) is 21.7 Å². The van der Waals surface area contributed by atoms with Crippen molar-refractivity contribution in [2.75, 3.05) is 6.61 Å². The van der Waals surface area contributed by atoms with E-state index in [1.54, 1.807) is 19.1 Å². The summed E-state index contributed by atoms with van der Waals surface area (Å²) in [6.45, 7) is 2.05. The van der Waals surface area contributed by atoms with Gasteiger partial charge in [0.1, 0.15) is 0 Å². The van der Waals surface area contributed by atoms with Gasteiger partial charge in [-0.05, 0) is 0 Å². The van der Waals surface area contributed by atoms with Crippen molar-refractivity contribution in [3.8, 4) is 21.6 Å². The van der Waals surface area contributed by atoms with Crippen LogP contribution in [0.15, 0.2) is 53.4 Å². The monoisotopic (exact) mass is 571 g/mol. The van der Waals surface area contributed by atoms with Gasteiger partial charge in [-0.25, -0.2) is 0 Å². The SMILES string of the molecule is CCOC(=O)c1sc(-c2ccc(Cl)cc2)[c]([SnH]([CH3])[CH3])c1-c1ccc(S(N)(=O)=O)cc1. The molecule has 158 valence electrons. The van der Waals surface area contributed by atoms with Gasteiger partial charge in [0.2, 0.25) is 0 Å². The summed E-state index contributed by atoms with van der Waals surface area (Å²) in [5.74, 6) is -0.374. The zero-order valence-corrected chi connectivity index (χ0v) is 22.5. The number of esters is 1. The Hall–Kier alpha value is -1.39. The molecule has 3 aromatic rings. The fraction of sp³-hybridized carbons (Fsp3) is 0.190. The minimum atomic E-state index is -3.79. The molecule has 3 rings (SSSR count). The van der Waals surface area contributed by atoms with Crippen LogP contribution >= 0.6 is 22.9 Å². The third kappa shape index (κ3) is 4.91. The molecule has 2 N–H and O–H groups in total. The van der Waals surface area contributed by atoms with Gasteiger partial charge in [0, 0.05) is 0 Å². The number of rotatable bonds is 6.